The molecule has 0 bridgehead atoms. The van der Waals surface area contributed by atoms with Gasteiger partial charge >= 0.3 is 0 Å². The average molecular weight is 401 g/mol. The normalized spacial score (nSPS) is 21.9. The number of hydrogen-bond acceptors (Lipinski definition) is 5. The third kappa shape index (κ3) is 3.58. The summed E-state index contributed by atoms with van der Waals surface area (Å²) < 4.78 is 0. The van der Waals surface area contributed by atoms with Gasteiger partial charge in [-0.25, -0.2) is 0 Å². The van der Waals surface area contributed by atoms with Crippen molar-refractivity contribution in [2.24, 2.45) is 16.0 Å². The fourth-order valence-electron chi connectivity index (χ4n) is 3.73. The molecule has 0 saturated heterocycles. The quantitative estimate of drug-likeness (QED) is 0.807. The molecule has 2 aromatic rings. The number of aliphatic imine (C=N–C) groups is 1. The summed E-state index contributed by atoms with van der Waals surface area (Å²) in [6.45, 7) is 2.50. The van der Waals surface area contributed by atoms with Crippen molar-refractivity contribution in [3.8, 4) is 0 Å². The van der Waals surface area contributed by atoms with Crippen molar-refractivity contribution < 1.29 is 9.59 Å². The summed E-state index contributed by atoms with van der Waals surface area (Å²) in [7, 11) is 0. The Morgan fingerprint density at radius 2 is 1.90 bits per heavy atom. The largest absolute Gasteiger partial charge is 0.349 e. The Balaban J connectivity index is 1.31. The van der Waals surface area contributed by atoms with Crippen LogP contribution in [0.2, 0.25) is 0 Å². The molecule has 1 aliphatic carbocycles. The van der Waals surface area contributed by atoms with Gasteiger partial charge in [-0.1, -0.05) is 36.4 Å². The fraction of sp³-hybridized carbons (Fsp3) is 0.304. The fourth-order valence-corrected chi connectivity index (χ4v) is 3.73. The molecular weight excluding hydrogens is 378 g/mol. The Kier molecular flexibility index (Phi) is 4.58. The van der Waals surface area contributed by atoms with Crippen LogP contribution in [0.5, 0.6) is 0 Å². The number of nitrogens with one attached hydrogen (secondary N) is 2. The predicted octanol–water partition coefficient (Wildman–Crippen LogP) is 2.57. The van der Waals surface area contributed by atoms with Gasteiger partial charge in [-0.2, -0.15) is 5.10 Å². The van der Waals surface area contributed by atoms with Gasteiger partial charge in [0.15, 0.2) is 6.17 Å². The number of nitrogens with zero attached hydrogens (tertiary/aromatic N) is 3. The number of benzene rings is 2. The minimum Gasteiger partial charge on any atom is -0.349 e. The maximum absolute atomic E-state index is 13.0. The van der Waals surface area contributed by atoms with Gasteiger partial charge in [-0.15, -0.1) is 0 Å². The number of fused-ring (bicyclic) bond motifs is 1. The highest BCUT2D eigenvalue weighted by Crippen LogP contribution is 2.28. The van der Waals surface area contributed by atoms with E-state index in [9.17, 15) is 9.59 Å². The number of rotatable bonds is 5. The summed E-state index contributed by atoms with van der Waals surface area (Å²) in [6.07, 6.45) is 3.39. The zero-order chi connectivity index (χ0) is 20.7. The maximum Gasteiger partial charge on any atom is 0.251 e. The maximum atomic E-state index is 13.0. The summed E-state index contributed by atoms with van der Waals surface area (Å²) in [4.78, 5) is 30.1. The van der Waals surface area contributed by atoms with Crippen LogP contribution in [0, 0.1) is 12.8 Å². The number of carbonyl (C=O) groups is 2. The zero-order valence-electron chi connectivity index (χ0n) is 16.7. The molecule has 2 aromatic carbocycles. The van der Waals surface area contributed by atoms with E-state index in [0.717, 1.165) is 29.7 Å². The van der Waals surface area contributed by atoms with Crippen molar-refractivity contribution in [3.63, 3.8) is 0 Å². The summed E-state index contributed by atoms with van der Waals surface area (Å²) in [6, 6.07) is 15.6. The van der Waals surface area contributed by atoms with E-state index in [-0.39, 0.29) is 24.0 Å². The van der Waals surface area contributed by atoms with Crippen LogP contribution in [0.3, 0.4) is 0 Å². The van der Waals surface area contributed by atoms with E-state index in [2.05, 4.69) is 15.7 Å². The molecule has 2 amide bonds. The molecule has 2 heterocycles. The minimum atomic E-state index is -0.477. The first kappa shape index (κ1) is 18.5. The van der Waals surface area contributed by atoms with E-state index in [4.69, 9.17) is 4.99 Å². The molecular formula is C23H23N5O2. The first-order valence-corrected chi connectivity index (χ1v) is 10.2. The minimum absolute atomic E-state index is 0.102. The van der Waals surface area contributed by atoms with Gasteiger partial charge in [0.1, 0.15) is 5.92 Å². The average Bonchev–Trinajstić information content (AvgIpc) is 3.32. The van der Waals surface area contributed by atoms with Crippen LogP contribution in [-0.4, -0.2) is 47.5 Å². The SMILES string of the molecule is Cc1ccc(C(=O)NC2CC2)cc1NC(=O)C1C=NN2CC(c3ccccc3)=NC12. The first-order chi connectivity index (χ1) is 14.6. The molecule has 0 spiro atoms. The summed E-state index contributed by atoms with van der Waals surface area (Å²) in [5.74, 6) is -0.753. The zero-order valence-corrected chi connectivity index (χ0v) is 16.7. The van der Waals surface area contributed by atoms with Gasteiger partial charge in [-0.3, -0.25) is 19.6 Å². The van der Waals surface area contributed by atoms with Crippen LogP contribution in [0.1, 0.15) is 34.3 Å². The number of aryl methyl sites for hydroxylation is 1. The van der Waals surface area contributed by atoms with Crippen molar-refractivity contribution in [1.82, 2.24) is 10.3 Å². The van der Waals surface area contributed by atoms with Crippen molar-refractivity contribution in [2.45, 2.75) is 32.0 Å². The predicted molar refractivity (Wildman–Crippen MR) is 116 cm³/mol. The highest BCUT2D eigenvalue weighted by Gasteiger charge is 2.40. The molecule has 2 atom stereocenters. The van der Waals surface area contributed by atoms with Gasteiger partial charge in [0.2, 0.25) is 5.91 Å². The van der Waals surface area contributed by atoms with Crippen LogP contribution in [0.15, 0.2) is 58.6 Å². The van der Waals surface area contributed by atoms with E-state index in [1.807, 2.05) is 48.3 Å². The third-order valence-corrected chi connectivity index (χ3v) is 5.68. The molecule has 0 radical (unpaired) electrons. The van der Waals surface area contributed by atoms with E-state index in [1.54, 1.807) is 18.3 Å². The molecule has 1 saturated carbocycles. The summed E-state index contributed by atoms with van der Waals surface area (Å²) >= 11 is 0. The van der Waals surface area contributed by atoms with Gasteiger partial charge in [-0.05, 0) is 43.0 Å². The van der Waals surface area contributed by atoms with E-state index in [0.29, 0.717) is 17.8 Å². The highest BCUT2D eigenvalue weighted by molar-refractivity contribution is 6.07. The topological polar surface area (TPSA) is 86.2 Å². The Hall–Kier alpha value is -3.48. The molecule has 2 unspecified atom stereocenters. The summed E-state index contributed by atoms with van der Waals surface area (Å²) in [5, 5.41) is 12.2. The number of hydrogen-bond donors (Lipinski definition) is 2. The van der Waals surface area contributed by atoms with Crippen LogP contribution in [-0.2, 0) is 4.79 Å². The number of anilines is 1. The lowest BCUT2D eigenvalue weighted by atomic mass is 10.1. The Bertz CT molecular complexity index is 1060. The van der Waals surface area contributed by atoms with Crippen molar-refractivity contribution in [1.29, 1.82) is 0 Å². The standard InChI is InChI=1S/C23H23N5O2/c1-14-7-8-16(22(29)25-17-9-10-17)11-19(14)27-23(30)18-12-24-28-13-20(26-21(18)28)15-5-3-2-4-6-15/h2-8,11-12,17-18,21H,9-10,13H2,1H3,(H,25,29)(H,27,30). The third-order valence-electron chi connectivity index (χ3n) is 5.68. The van der Waals surface area contributed by atoms with Gasteiger partial charge < -0.3 is 10.6 Å². The smallest absolute Gasteiger partial charge is 0.251 e. The Morgan fingerprint density at radius 1 is 1.10 bits per heavy atom. The van der Waals surface area contributed by atoms with Gasteiger partial charge in [0.05, 0.1) is 12.3 Å². The second-order valence-electron chi connectivity index (χ2n) is 8.01. The van der Waals surface area contributed by atoms with Gasteiger partial charge in [0.25, 0.3) is 5.91 Å². The van der Waals surface area contributed by atoms with Crippen LogP contribution < -0.4 is 10.6 Å². The van der Waals surface area contributed by atoms with Crippen molar-refractivity contribution in [2.75, 3.05) is 11.9 Å². The highest BCUT2D eigenvalue weighted by atomic mass is 16.2. The molecule has 7 nitrogen and oxygen atoms in total. The molecule has 0 aromatic heterocycles. The molecule has 5 rings (SSSR count). The van der Waals surface area contributed by atoms with Crippen molar-refractivity contribution in [3.05, 3.63) is 65.2 Å². The first-order valence-electron chi connectivity index (χ1n) is 10.2. The molecule has 7 heteroatoms. The van der Waals surface area contributed by atoms with E-state index < -0.39 is 5.92 Å². The lowest BCUT2D eigenvalue weighted by Gasteiger charge is -2.18. The molecule has 30 heavy (non-hydrogen) atoms. The number of amides is 2. The number of carbonyl (C=O) groups excluding carboxylic acids is 2. The Morgan fingerprint density at radius 3 is 2.67 bits per heavy atom. The monoisotopic (exact) mass is 401 g/mol. The van der Waals surface area contributed by atoms with E-state index >= 15 is 0 Å². The van der Waals surface area contributed by atoms with Crippen molar-refractivity contribution >= 4 is 29.4 Å². The molecule has 3 aliphatic rings. The van der Waals surface area contributed by atoms with Crippen LogP contribution in [0.4, 0.5) is 5.69 Å². The summed E-state index contributed by atoms with van der Waals surface area (Å²) in [5.41, 5.74) is 4.07. The second kappa shape index (κ2) is 7.40. The van der Waals surface area contributed by atoms with Crippen LogP contribution >= 0.6 is 0 Å². The lowest BCUT2D eigenvalue weighted by Crippen LogP contribution is -2.35. The molecule has 152 valence electrons. The molecule has 1 fully saturated rings. The van der Waals surface area contributed by atoms with Crippen LogP contribution in [0.25, 0.3) is 0 Å². The Labute approximate surface area is 174 Å². The lowest BCUT2D eigenvalue weighted by molar-refractivity contribution is -0.118. The number of hydrazone groups is 1. The van der Waals surface area contributed by atoms with E-state index in [1.165, 1.54) is 0 Å². The molecule has 2 N–H and O–H groups in total. The second-order valence-corrected chi connectivity index (χ2v) is 8.01. The molecule has 2 aliphatic heterocycles. The van der Waals surface area contributed by atoms with Gasteiger partial charge in [0, 0.05) is 23.5 Å².